The third-order valence-corrected chi connectivity index (χ3v) is 3.02. The Morgan fingerprint density at radius 1 is 1.35 bits per heavy atom. The number of aliphatic hydroxyl groups is 1. The number of ketones is 1. The second-order valence-corrected chi connectivity index (χ2v) is 4.23. The number of aliphatic hydroxyl groups excluding tert-OH is 1. The van der Waals surface area contributed by atoms with Gasteiger partial charge in [-0.1, -0.05) is 18.2 Å². The van der Waals surface area contributed by atoms with Crippen LogP contribution in [-0.2, 0) is 9.59 Å². The molecule has 4 nitrogen and oxygen atoms in total. The minimum absolute atomic E-state index is 0.160. The van der Waals surface area contributed by atoms with Crippen molar-refractivity contribution >= 4 is 23.4 Å². The van der Waals surface area contributed by atoms with E-state index in [9.17, 15) is 14.7 Å². The van der Waals surface area contributed by atoms with Gasteiger partial charge in [-0.05, 0) is 30.5 Å². The topological polar surface area (TPSA) is 74.6 Å². The van der Waals surface area contributed by atoms with Crippen LogP contribution in [0.4, 0.5) is 0 Å². The molecule has 2 N–H and O–H groups in total. The zero-order valence-electron chi connectivity index (χ0n) is 9.48. The molecule has 0 fully saturated rings. The Bertz CT molecular complexity index is 456. The SMILES string of the molecule is CC(=O)C(Cl)c1c(C)cccc1C(O)C(=O)O. The van der Waals surface area contributed by atoms with Gasteiger partial charge in [0.25, 0.3) is 0 Å². The molecule has 1 aromatic rings. The summed E-state index contributed by atoms with van der Waals surface area (Å²) in [6.07, 6.45) is -1.68. The van der Waals surface area contributed by atoms with Crippen LogP contribution in [0.1, 0.15) is 35.1 Å². The van der Waals surface area contributed by atoms with Crippen LogP contribution in [0.5, 0.6) is 0 Å². The van der Waals surface area contributed by atoms with Gasteiger partial charge in [-0.15, -0.1) is 11.6 Å². The summed E-state index contributed by atoms with van der Waals surface area (Å²) in [5.41, 5.74) is 1.21. The smallest absolute Gasteiger partial charge is 0.337 e. The molecule has 92 valence electrons. The lowest BCUT2D eigenvalue weighted by Crippen LogP contribution is -2.16. The van der Waals surface area contributed by atoms with E-state index in [0.29, 0.717) is 11.1 Å². The minimum atomic E-state index is -1.68. The van der Waals surface area contributed by atoms with Crippen molar-refractivity contribution in [2.45, 2.75) is 25.3 Å². The van der Waals surface area contributed by atoms with Crippen LogP contribution < -0.4 is 0 Å². The second-order valence-electron chi connectivity index (χ2n) is 3.79. The van der Waals surface area contributed by atoms with E-state index in [1.54, 1.807) is 19.1 Å². The monoisotopic (exact) mass is 256 g/mol. The number of hydrogen-bond donors (Lipinski definition) is 2. The predicted octanol–water partition coefficient (Wildman–Crippen LogP) is 1.98. The Kier molecular flexibility index (Phi) is 4.26. The number of hydrogen-bond acceptors (Lipinski definition) is 3. The molecule has 0 aliphatic rings. The maximum atomic E-state index is 11.3. The molecule has 1 aromatic carbocycles. The van der Waals surface area contributed by atoms with Crippen LogP contribution >= 0.6 is 11.6 Å². The molecule has 0 aromatic heterocycles. The van der Waals surface area contributed by atoms with E-state index in [-0.39, 0.29) is 11.3 Å². The van der Waals surface area contributed by atoms with Gasteiger partial charge in [0.15, 0.2) is 11.9 Å². The van der Waals surface area contributed by atoms with Gasteiger partial charge in [0.2, 0.25) is 0 Å². The Balaban J connectivity index is 3.36. The Morgan fingerprint density at radius 2 is 1.94 bits per heavy atom. The number of benzene rings is 1. The first-order valence-electron chi connectivity index (χ1n) is 5.01. The van der Waals surface area contributed by atoms with Crippen LogP contribution in [0.15, 0.2) is 18.2 Å². The van der Waals surface area contributed by atoms with Gasteiger partial charge >= 0.3 is 5.97 Å². The summed E-state index contributed by atoms with van der Waals surface area (Å²) in [4.78, 5) is 22.1. The molecule has 2 atom stereocenters. The molecule has 0 spiro atoms. The molecule has 0 saturated heterocycles. The van der Waals surface area contributed by atoms with Crippen molar-refractivity contribution in [2.24, 2.45) is 0 Å². The van der Waals surface area contributed by atoms with E-state index in [0.717, 1.165) is 0 Å². The van der Waals surface area contributed by atoms with Gasteiger partial charge < -0.3 is 10.2 Å². The molecule has 1 rings (SSSR count). The molecular formula is C12H13ClO4. The number of carboxylic acid groups (broad SMARTS) is 1. The van der Waals surface area contributed by atoms with Crippen molar-refractivity contribution < 1.29 is 19.8 Å². The third kappa shape index (κ3) is 2.84. The molecule has 0 radical (unpaired) electrons. The van der Waals surface area contributed by atoms with Gasteiger partial charge in [-0.25, -0.2) is 4.79 Å². The number of aliphatic carboxylic acids is 1. The van der Waals surface area contributed by atoms with Crippen LogP contribution in [0, 0.1) is 6.92 Å². The number of alkyl halides is 1. The summed E-state index contributed by atoms with van der Waals surface area (Å²) < 4.78 is 0. The molecule has 0 bridgehead atoms. The molecule has 0 heterocycles. The number of Topliss-reactive ketones (excluding diaryl/α,β-unsaturated/α-hetero) is 1. The molecule has 0 saturated carbocycles. The number of carbonyl (C=O) groups excluding carboxylic acids is 1. The average Bonchev–Trinajstić information content (AvgIpc) is 2.26. The number of carboxylic acids is 1. The van der Waals surface area contributed by atoms with Gasteiger partial charge in [0.1, 0.15) is 5.38 Å². The van der Waals surface area contributed by atoms with E-state index in [2.05, 4.69) is 0 Å². The lowest BCUT2D eigenvalue weighted by Gasteiger charge is -2.17. The van der Waals surface area contributed by atoms with Crippen molar-refractivity contribution in [1.82, 2.24) is 0 Å². The first-order valence-corrected chi connectivity index (χ1v) is 5.44. The zero-order chi connectivity index (χ0) is 13.2. The maximum Gasteiger partial charge on any atom is 0.337 e. The molecule has 0 aliphatic carbocycles. The maximum absolute atomic E-state index is 11.3. The highest BCUT2D eigenvalue weighted by molar-refractivity contribution is 6.31. The number of rotatable bonds is 4. The molecule has 5 heteroatoms. The highest BCUT2D eigenvalue weighted by Gasteiger charge is 2.26. The van der Waals surface area contributed by atoms with Crippen molar-refractivity contribution in [2.75, 3.05) is 0 Å². The summed E-state index contributed by atoms with van der Waals surface area (Å²) in [6.45, 7) is 3.03. The fraction of sp³-hybridized carbons (Fsp3) is 0.333. The summed E-state index contributed by atoms with van der Waals surface area (Å²) in [5.74, 6) is -1.66. The van der Waals surface area contributed by atoms with Gasteiger partial charge in [-0.3, -0.25) is 4.79 Å². The van der Waals surface area contributed by atoms with Crippen molar-refractivity contribution in [3.63, 3.8) is 0 Å². The van der Waals surface area contributed by atoms with Crippen molar-refractivity contribution in [1.29, 1.82) is 0 Å². The number of aryl methyl sites for hydroxylation is 1. The van der Waals surface area contributed by atoms with Crippen LogP contribution in [0.25, 0.3) is 0 Å². The third-order valence-electron chi connectivity index (χ3n) is 2.50. The summed E-state index contributed by atoms with van der Waals surface area (Å²) in [7, 11) is 0. The Hall–Kier alpha value is -1.39. The van der Waals surface area contributed by atoms with Gasteiger partial charge in [0.05, 0.1) is 0 Å². The van der Waals surface area contributed by atoms with Gasteiger partial charge in [-0.2, -0.15) is 0 Å². The summed E-state index contributed by atoms with van der Waals surface area (Å²) >= 11 is 5.95. The highest BCUT2D eigenvalue weighted by atomic mass is 35.5. The van der Waals surface area contributed by atoms with E-state index < -0.39 is 17.5 Å². The van der Waals surface area contributed by atoms with Crippen molar-refractivity contribution in [3.05, 3.63) is 34.9 Å². The fourth-order valence-electron chi connectivity index (χ4n) is 1.62. The van der Waals surface area contributed by atoms with Crippen LogP contribution in [0.3, 0.4) is 0 Å². The largest absolute Gasteiger partial charge is 0.479 e. The minimum Gasteiger partial charge on any atom is -0.479 e. The summed E-state index contributed by atoms with van der Waals surface area (Å²) in [6, 6.07) is 4.79. The normalized spacial score (nSPS) is 14.1. The van der Waals surface area contributed by atoms with E-state index >= 15 is 0 Å². The lowest BCUT2D eigenvalue weighted by atomic mass is 9.94. The second kappa shape index (κ2) is 5.29. The first kappa shape index (κ1) is 13.7. The molecular weight excluding hydrogens is 244 g/mol. The highest BCUT2D eigenvalue weighted by Crippen LogP contribution is 2.31. The van der Waals surface area contributed by atoms with E-state index in [1.165, 1.54) is 13.0 Å². The lowest BCUT2D eigenvalue weighted by molar-refractivity contribution is -0.147. The van der Waals surface area contributed by atoms with E-state index in [1.807, 2.05) is 0 Å². The van der Waals surface area contributed by atoms with Gasteiger partial charge in [0, 0.05) is 0 Å². The molecule has 2 unspecified atom stereocenters. The van der Waals surface area contributed by atoms with Crippen LogP contribution in [-0.4, -0.2) is 22.0 Å². The fourth-order valence-corrected chi connectivity index (χ4v) is 1.92. The van der Waals surface area contributed by atoms with E-state index in [4.69, 9.17) is 16.7 Å². The average molecular weight is 257 g/mol. The predicted molar refractivity (Wildman–Crippen MR) is 63.0 cm³/mol. The first-order chi connectivity index (χ1) is 7.86. The van der Waals surface area contributed by atoms with Crippen molar-refractivity contribution in [3.8, 4) is 0 Å². The quantitative estimate of drug-likeness (QED) is 0.808. The standard InChI is InChI=1S/C12H13ClO4/c1-6-4-3-5-8(11(15)12(16)17)9(6)10(13)7(2)14/h3-5,10-11,15H,1-2H3,(H,16,17). The Morgan fingerprint density at radius 3 is 2.41 bits per heavy atom. The molecule has 0 aliphatic heterocycles. The summed E-state index contributed by atoms with van der Waals surface area (Å²) in [5, 5.41) is 17.4. The number of carbonyl (C=O) groups is 2. The molecule has 0 amide bonds. The molecule has 17 heavy (non-hydrogen) atoms. The Labute approximate surface area is 104 Å². The zero-order valence-corrected chi connectivity index (χ0v) is 10.2. The van der Waals surface area contributed by atoms with Crippen LogP contribution in [0.2, 0.25) is 0 Å². The number of halogens is 1.